The lowest BCUT2D eigenvalue weighted by Gasteiger charge is -2.22. The van der Waals surface area contributed by atoms with E-state index in [1.165, 1.54) is 0 Å². The van der Waals surface area contributed by atoms with E-state index in [4.69, 9.17) is 23.8 Å². The highest BCUT2D eigenvalue weighted by Crippen LogP contribution is 2.28. The molecule has 0 saturated carbocycles. The van der Waals surface area contributed by atoms with Gasteiger partial charge in [-0.05, 0) is 67.7 Å². The Morgan fingerprint density at radius 3 is 2.61 bits per heavy atom. The molecule has 3 nitrogen and oxygen atoms in total. The van der Waals surface area contributed by atoms with E-state index >= 15 is 0 Å². The molecular formula is C12H13ClIN3S. The second-order valence-corrected chi connectivity index (χ2v) is 6.94. The predicted molar refractivity (Wildman–Crippen MR) is 85.6 cm³/mol. The summed E-state index contributed by atoms with van der Waals surface area (Å²) in [6, 6.07) is 5.89. The molecule has 6 heteroatoms. The molecule has 0 aliphatic rings. The molecule has 1 N–H and O–H groups in total. The predicted octanol–water partition coefficient (Wildman–Crippen LogP) is 4.62. The van der Waals surface area contributed by atoms with Crippen LogP contribution in [-0.4, -0.2) is 14.8 Å². The molecule has 0 saturated heterocycles. The van der Waals surface area contributed by atoms with Gasteiger partial charge in [-0.1, -0.05) is 17.7 Å². The number of halogens is 2. The maximum atomic E-state index is 6.16. The zero-order valence-electron chi connectivity index (χ0n) is 10.3. The lowest BCUT2D eigenvalue weighted by molar-refractivity contribution is 0.395. The Kier molecular flexibility index (Phi) is 3.85. The van der Waals surface area contributed by atoms with Crippen LogP contribution in [-0.2, 0) is 5.54 Å². The minimum Gasteiger partial charge on any atom is -0.295 e. The average Bonchev–Trinajstić information content (AvgIpc) is 2.64. The first kappa shape index (κ1) is 14.0. The van der Waals surface area contributed by atoms with E-state index in [9.17, 15) is 0 Å². The number of hydrogen-bond acceptors (Lipinski definition) is 2. The minimum absolute atomic E-state index is 0.130. The van der Waals surface area contributed by atoms with Gasteiger partial charge >= 0.3 is 0 Å². The number of rotatable bonds is 1. The maximum absolute atomic E-state index is 6.16. The molecule has 0 amide bonds. The Hall–Kier alpha value is -0.400. The highest BCUT2D eigenvalue weighted by atomic mass is 127. The first-order chi connectivity index (χ1) is 8.30. The number of benzene rings is 1. The van der Waals surface area contributed by atoms with Crippen molar-refractivity contribution in [3.05, 3.63) is 31.6 Å². The van der Waals surface area contributed by atoms with Crippen LogP contribution < -0.4 is 0 Å². The molecule has 1 aromatic carbocycles. The van der Waals surface area contributed by atoms with Gasteiger partial charge in [0.2, 0.25) is 0 Å². The molecule has 0 unspecified atom stereocenters. The SMILES string of the molecule is CC(C)(C)n1c(-c2ccc(I)c(Cl)c2)n[nH]c1=S. The number of aromatic nitrogens is 3. The zero-order chi connectivity index (χ0) is 13.5. The van der Waals surface area contributed by atoms with Crippen molar-refractivity contribution in [3.8, 4) is 11.4 Å². The second-order valence-electron chi connectivity index (χ2n) is 4.99. The number of nitrogens with zero attached hydrogens (tertiary/aromatic N) is 2. The summed E-state index contributed by atoms with van der Waals surface area (Å²) in [5.41, 5.74) is 0.831. The van der Waals surface area contributed by atoms with Crippen LogP contribution in [0.5, 0.6) is 0 Å². The van der Waals surface area contributed by atoms with Crippen LogP contribution in [0.3, 0.4) is 0 Å². The van der Waals surface area contributed by atoms with Crippen LogP contribution in [0.2, 0.25) is 5.02 Å². The van der Waals surface area contributed by atoms with E-state index in [1.54, 1.807) is 0 Å². The molecule has 1 heterocycles. The van der Waals surface area contributed by atoms with E-state index in [-0.39, 0.29) is 5.54 Å². The van der Waals surface area contributed by atoms with Gasteiger partial charge in [0, 0.05) is 14.7 Å². The molecule has 0 atom stereocenters. The number of H-pyrrole nitrogens is 1. The lowest BCUT2D eigenvalue weighted by atomic mass is 10.1. The highest BCUT2D eigenvalue weighted by molar-refractivity contribution is 14.1. The van der Waals surface area contributed by atoms with Gasteiger partial charge in [0.05, 0.1) is 5.02 Å². The molecule has 0 radical (unpaired) electrons. The van der Waals surface area contributed by atoms with Crippen molar-refractivity contribution in [2.24, 2.45) is 0 Å². The number of aromatic amines is 1. The molecule has 0 fully saturated rings. The largest absolute Gasteiger partial charge is 0.295 e. The lowest BCUT2D eigenvalue weighted by Crippen LogP contribution is -2.22. The summed E-state index contributed by atoms with van der Waals surface area (Å²) in [6.07, 6.45) is 0. The molecule has 1 aromatic heterocycles. The average molecular weight is 394 g/mol. The van der Waals surface area contributed by atoms with Crippen molar-refractivity contribution in [2.75, 3.05) is 0 Å². The molecule has 0 aliphatic heterocycles. The summed E-state index contributed by atoms with van der Waals surface area (Å²) in [6.45, 7) is 6.28. The fourth-order valence-corrected chi connectivity index (χ4v) is 2.67. The van der Waals surface area contributed by atoms with E-state index < -0.39 is 0 Å². The fourth-order valence-electron chi connectivity index (χ4n) is 1.75. The zero-order valence-corrected chi connectivity index (χ0v) is 14.0. The molecule has 18 heavy (non-hydrogen) atoms. The third-order valence-electron chi connectivity index (χ3n) is 2.52. The van der Waals surface area contributed by atoms with Crippen molar-refractivity contribution in [2.45, 2.75) is 26.3 Å². The van der Waals surface area contributed by atoms with Gasteiger partial charge in [0.25, 0.3) is 0 Å². The number of hydrogen-bond donors (Lipinski definition) is 1. The van der Waals surface area contributed by atoms with E-state index in [1.807, 2.05) is 22.8 Å². The standard InChI is InChI=1S/C12H13ClIN3S/c1-12(2,3)17-10(15-16-11(17)18)7-4-5-9(14)8(13)6-7/h4-6H,1-3H3,(H,16,18). The van der Waals surface area contributed by atoms with Crippen LogP contribution >= 0.6 is 46.4 Å². The molecular weight excluding hydrogens is 381 g/mol. The van der Waals surface area contributed by atoms with Gasteiger partial charge < -0.3 is 0 Å². The summed E-state index contributed by atoms with van der Waals surface area (Å²) in [5.74, 6) is 0.811. The molecule has 0 spiro atoms. The van der Waals surface area contributed by atoms with Crippen molar-refractivity contribution in [1.82, 2.24) is 14.8 Å². The van der Waals surface area contributed by atoms with Gasteiger partial charge in [-0.2, -0.15) is 5.10 Å². The van der Waals surface area contributed by atoms with E-state index in [2.05, 4.69) is 53.6 Å². The summed E-state index contributed by atoms with van der Waals surface area (Å²) in [5, 5.41) is 7.88. The van der Waals surface area contributed by atoms with Crippen molar-refractivity contribution < 1.29 is 0 Å². The van der Waals surface area contributed by atoms with Crippen molar-refractivity contribution in [1.29, 1.82) is 0 Å². The van der Waals surface area contributed by atoms with Crippen LogP contribution in [0.25, 0.3) is 11.4 Å². The Morgan fingerprint density at radius 1 is 1.39 bits per heavy atom. The van der Waals surface area contributed by atoms with E-state index in [0.29, 0.717) is 4.77 Å². The summed E-state index contributed by atoms with van der Waals surface area (Å²) in [7, 11) is 0. The first-order valence-electron chi connectivity index (χ1n) is 5.44. The van der Waals surface area contributed by atoms with E-state index in [0.717, 1.165) is 20.0 Å². The van der Waals surface area contributed by atoms with Crippen LogP contribution in [0.4, 0.5) is 0 Å². The van der Waals surface area contributed by atoms with Crippen molar-refractivity contribution >= 4 is 46.4 Å². The first-order valence-corrected chi connectivity index (χ1v) is 7.30. The van der Waals surface area contributed by atoms with Crippen molar-refractivity contribution in [3.63, 3.8) is 0 Å². The Labute approximate surface area is 130 Å². The molecule has 2 aromatic rings. The Morgan fingerprint density at radius 2 is 2.06 bits per heavy atom. The molecule has 96 valence electrons. The molecule has 2 rings (SSSR count). The van der Waals surface area contributed by atoms with Gasteiger partial charge in [-0.15, -0.1) is 0 Å². The third-order valence-corrected chi connectivity index (χ3v) is 4.37. The quantitative estimate of drug-likeness (QED) is 0.566. The van der Waals surface area contributed by atoms with Crippen LogP contribution in [0.15, 0.2) is 18.2 Å². The van der Waals surface area contributed by atoms with Gasteiger partial charge in [-0.25, -0.2) is 0 Å². The normalized spacial score (nSPS) is 11.8. The smallest absolute Gasteiger partial charge is 0.195 e. The fraction of sp³-hybridized carbons (Fsp3) is 0.333. The Bertz CT molecular complexity index is 640. The van der Waals surface area contributed by atoms with Gasteiger partial charge in [0.1, 0.15) is 0 Å². The minimum atomic E-state index is -0.130. The molecule has 0 bridgehead atoms. The maximum Gasteiger partial charge on any atom is 0.195 e. The third kappa shape index (κ3) is 2.62. The summed E-state index contributed by atoms with van der Waals surface area (Å²) < 4.78 is 3.64. The summed E-state index contributed by atoms with van der Waals surface area (Å²) in [4.78, 5) is 0. The Balaban J connectivity index is 2.65. The van der Waals surface area contributed by atoms with Crippen LogP contribution in [0.1, 0.15) is 20.8 Å². The topological polar surface area (TPSA) is 33.6 Å². The highest BCUT2D eigenvalue weighted by Gasteiger charge is 2.20. The van der Waals surface area contributed by atoms with Gasteiger partial charge in [-0.3, -0.25) is 9.67 Å². The second kappa shape index (κ2) is 4.94. The van der Waals surface area contributed by atoms with Crippen LogP contribution in [0, 0.1) is 8.34 Å². The summed E-state index contributed by atoms with van der Waals surface area (Å²) >= 11 is 13.6. The molecule has 0 aliphatic carbocycles. The number of nitrogens with one attached hydrogen (secondary N) is 1. The monoisotopic (exact) mass is 393 g/mol. The van der Waals surface area contributed by atoms with Gasteiger partial charge in [0.15, 0.2) is 10.6 Å².